The normalized spacial score (nSPS) is 17.9. The summed E-state index contributed by atoms with van der Waals surface area (Å²) in [6.07, 6.45) is 0. The molecule has 0 aliphatic rings. The number of hydrogen-bond acceptors (Lipinski definition) is 3. The van der Waals surface area contributed by atoms with Crippen LogP contribution in [-0.4, -0.2) is 11.5 Å². The van der Waals surface area contributed by atoms with E-state index in [1.807, 2.05) is 0 Å². The van der Waals surface area contributed by atoms with E-state index in [9.17, 15) is 4.57 Å². The van der Waals surface area contributed by atoms with Crippen LogP contribution in [0.1, 0.15) is 6.92 Å². The third kappa shape index (κ3) is 3.41. The predicted molar refractivity (Wildman–Crippen MR) is 28.4 cm³/mol. The van der Waals surface area contributed by atoms with Gasteiger partial charge in [-0.1, -0.05) is 0 Å². The highest BCUT2D eigenvalue weighted by atomic mass is 35.5. The van der Waals surface area contributed by atoms with Crippen molar-refractivity contribution in [2.45, 2.75) is 6.92 Å². The zero-order valence-corrected chi connectivity index (χ0v) is 5.85. The Morgan fingerprint density at radius 2 is 2.38 bits per heavy atom. The molecule has 0 aliphatic heterocycles. The minimum absolute atomic E-state index is 0.0977. The van der Waals surface area contributed by atoms with Gasteiger partial charge in [-0.2, -0.15) is 4.08 Å². The Bertz CT molecular complexity index is 104. The smallest absolute Gasteiger partial charge is 0.302 e. The maximum Gasteiger partial charge on any atom is 0.488 e. The molecule has 0 aromatic carbocycles. The van der Waals surface area contributed by atoms with Crippen LogP contribution in [0.3, 0.4) is 0 Å². The Labute approximate surface area is 52.2 Å². The summed E-state index contributed by atoms with van der Waals surface area (Å²) in [5.41, 5.74) is 0. The summed E-state index contributed by atoms with van der Waals surface area (Å²) in [7, 11) is -3.91. The first-order valence-corrected chi connectivity index (χ1v) is 3.70. The highest BCUT2D eigenvalue weighted by Gasteiger charge is 2.18. The van der Waals surface area contributed by atoms with E-state index in [1.54, 1.807) is 6.92 Å². The molecule has 0 rings (SSSR count). The summed E-state index contributed by atoms with van der Waals surface area (Å²) in [6.45, 7) is 1.65. The number of phosphoric acid groups is 1. The molecule has 50 valence electrons. The summed E-state index contributed by atoms with van der Waals surface area (Å²) >= 11 is 4.53. The zero-order chi connectivity index (χ0) is 6.62. The Morgan fingerprint density at radius 1 is 1.88 bits per heavy atom. The lowest BCUT2D eigenvalue weighted by atomic mass is 10.9. The Kier molecular flexibility index (Phi) is 3.60. The maximum atomic E-state index is 10.2. The van der Waals surface area contributed by atoms with Crippen molar-refractivity contribution in [3.05, 3.63) is 0 Å². The fourth-order valence-electron chi connectivity index (χ4n) is 0.183. The van der Waals surface area contributed by atoms with Crippen molar-refractivity contribution < 1.29 is 18.1 Å². The lowest BCUT2D eigenvalue weighted by molar-refractivity contribution is 0.218. The number of rotatable bonds is 3. The molecule has 0 aromatic rings. The van der Waals surface area contributed by atoms with Crippen molar-refractivity contribution in [3.63, 3.8) is 0 Å². The molecule has 0 bridgehead atoms. The van der Waals surface area contributed by atoms with Crippen molar-refractivity contribution in [1.82, 2.24) is 0 Å². The van der Waals surface area contributed by atoms with Crippen molar-refractivity contribution in [1.29, 1.82) is 0 Å². The molecule has 0 heterocycles. The van der Waals surface area contributed by atoms with Gasteiger partial charge in [0.2, 0.25) is 0 Å². The molecule has 0 aromatic heterocycles. The van der Waals surface area contributed by atoms with Gasteiger partial charge >= 0.3 is 7.82 Å². The molecule has 6 heteroatoms. The van der Waals surface area contributed by atoms with E-state index in [2.05, 4.69) is 20.5 Å². The molecule has 0 saturated heterocycles. The third-order valence-electron chi connectivity index (χ3n) is 0.379. The van der Waals surface area contributed by atoms with Crippen LogP contribution < -0.4 is 0 Å². The lowest BCUT2D eigenvalue weighted by Gasteiger charge is -2.02. The van der Waals surface area contributed by atoms with Gasteiger partial charge in [-0.3, -0.25) is 4.52 Å². The van der Waals surface area contributed by atoms with E-state index in [-0.39, 0.29) is 6.61 Å². The number of hydrogen-bond donors (Lipinski definition) is 1. The molecule has 1 atom stereocenters. The Morgan fingerprint density at radius 3 is 2.50 bits per heavy atom. The summed E-state index contributed by atoms with van der Waals surface area (Å²) in [6, 6.07) is 0. The second kappa shape index (κ2) is 3.43. The van der Waals surface area contributed by atoms with Crippen LogP contribution in [0.4, 0.5) is 0 Å². The van der Waals surface area contributed by atoms with Crippen molar-refractivity contribution >= 4 is 19.7 Å². The van der Waals surface area contributed by atoms with Gasteiger partial charge < -0.3 is 4.89 Å². The fourth-order valence-corrected chi connectivity index (χ4v) is 0.669. The molecule has 4 nitrogen and oxygen atoms in total. The lowest BCUT2D eigenvalue weighted by Crippen LogP contribution is -1.86. The standard InChI is InChI=1S/C2H6ClO4P/c1-2-6-8(4,5)7-3/h2H2,1H3,(H,4,5). The molecule has 0 fully saturated rings. The van der Waals surface area contributed by atoms with Crippen LogP contribution in [0.2, 0.25) is 0 Å². The third-order valence-corrected chi connectivity index (χ3v) is 1.66. The van der Waals surface area contributed by atoms with E-state index >= 15 is 0 Å². The quantitative estimate of drug-likeness (QED) is 0.632. The molecule has 0 amide bonds. The van der Waals surface area contributed by atoms with Gasteiger partial charge in [0.1, 0.15) is 0 Å². The van der Waals surface area contributed by atoms with Gasteiger partial charge in [0, 0.05) is 0 Å². The van der Waals surface area contributed by atoms with E-state index in [4.69, 9.17) is 4.89 Å². The minimum Gasteiger partial charge on any atom is -0.302 e. The molecule has 8 heavy (non-hydrogen) atoms. The molecule has 1 N–H and O–H groups in total. The number of halogens is 1. The first-order chi connectivity index (χ1) is 3.62. The van der Waals surface area contributed by atoms with Gasteiger partial charge in [0.05, 0.1) is 18.5 Å². The van der Waals surface area contributed by atoms with Crippen LogP contribution in [-0.2, 0) is 13.2 Å². The SMILES string of the molecule is CCOP(=O)(O)OCl. The van der Waals surface area contributed by atoms with Crippen LogP contribution in [0.25, 0.3) is 0 Å². The second-order valence-corrected chi connectivity index (χ2v) is 2.70. The summed E-state index contributed by atoms with van der Waals surface area (Å²) in [5, 5.41) is 0. The zero-order valence-electron chi connectivity index (χ0n) is 4.20. The van der Waals surface area contributed by atoms with E-state index < -0.39 is 7.82 Å². The summed E-state index contributed by atoms with van der Waals surface area (Å²) < 4.78 is 17.8. The van der Waals surface area contributed by atoms with E-state index in [1.165, 1.54) is 0 Å². The van der Waals surface area contributed by atoms with Crippen LogP contribution in [0.15, 0.2) is 0 Å². The van der Waals surface area contributed by atoms with Crippen molar-refractivity contribution in [3.8, 4) is 0 Å². The first-order valence-electron chi connectivity index (χ1n) is 1.90. The van der Waals surface area contributed by atoms with Crippen LogP contribution >= 0.6 is 19.7 Å². The average molecular weight is 160 g/mol. The number of phosphoric ester groups is 1. The van der Waals surface area contributed by atoms with Crippen LogP contribution in [0.5, 0.6) is 0 Å². The van der Waals surface area contributed by atoms with Crippen LogP contribution in [0, 0.1) is 0 Å². The monoisotopic (exact) mass is 160 g/mol. The van der Waals surface area contributed by atoms with E-state index in [0.29, 0.717) is 0 Å². The molecule has 0 aliphatic carbocycles. The molecule has 1 unspecified atom stereocenters. The van der Waals surface area contributed by atoms with Crippen molar-refractivity contribution in [2.75, 3.05) is 6.61 Å². The van der Waals surface area contributed by atoms with Gasteiger partial charge in [-0.05, 0) is 6.92 Å². The highest BCUT2D eigenvalue weighted by molar-refractivity contribution is 7.48. The largest absolute Gasteiger partial charge is 0.488 e. The molecule has 0 radical (unpaired) electrons. The molecular weight excluding hydrogens is 154 g/mol. The molecule has 0 spiro atoms. The van der Waals surface area contributed by atoms with Gasteiger partial charge in [-0.25, -0.2) is 4.57 Å². The maximum absolute atomic E-state index is 10.2. The predicted octanol–water partition coefficient (Wildman–Crippen LogP) is 1.29. The summed E-state index contributed by atoms with van der Waals surface area (Å²) in [5.74, 6) is 0. The molecular formula is C2H6ClO4P. The minimum atomic E-state index is -3.91. The van der Waals surface area contributed by atoms with Crippen molar-refractivity contribution in [2.24, 2.45) is 0 Å². The first kappa shape index (κ1) is 8.40. The Balaban J connectivity index is 3.55. The Hall–Kier alpha value is 0.400. The van der Waals surface area contributed by atoms with Gasteiger partial charge in [-0.15, -0.1) is 0 Å². The fraction of sp³-hybridized carbons (Fsp3) is 1.00. The average Bonchev–Trinajstić information content (AvgIpc) is 1.67. The second-order valence-electron chi connectivity index (χ2n) is 0.955. The van der Waals surface area contributed by atoms with E-state index in [0.717, 1.165) is 0 Å². The van der Waals surface area contributed by atoms with Gasteiger partial charge in [0.25, 0.3) is 0 Å². The molecule has 0 saturated carbocycles. The summed E-state index contributed by atoms with van der Waals surface area (Å²) in [4.78, 5) is 8.30. The van der Waals surface area contributed by atoms with Gasteiger partial charge in [0.15, 0.2) is 0 Å². The highest BCUT2D eigenvalue weighted by Crippen LogP contribution is 2.43. The topological polar surface area (TPSA) is 55.8 Å².